The van der Waals surface area contributed by atoms with Crippen LogP contribution in [-0.2, 0) is 11.3 Å². The minimum Gasteiger partial charge on any atom is -0.497 e. The van der Waals surface area contributed by atoms with E-state index < -0.39 is 5.97 Å². The normalized spacial score (nSPS) is 11.3. The Balaban J connectivity index is 1.99. The average Bonchev–Trinajstić information content (AvgIpc) is 3.20. The molecule has 1 N–H and O–H groups in total. The van der Waals surface area contributed by atoms with Crippen LogP contribution in [-0.4, -0.2) is 47.2 Å². The molecule has 0 saturated heterocycles. The SMILES string of the molecule is CCn1c(S/C(=C\c2ccc(OC)c(Br)c2)C(=O)O)nnc1-c1cc(OC)cc(OC)c1. The molecule has 0 aliphatic heterocycles. The van der Waals surface area contributed by atoms with Gasteiger partial charge in [-0.15, -0.1) is 10.2 Å². The second kappa shape index (κ2) is 10.6. The summed E-state index contributed by atoms with van der Waals surface area (Å²) >= 11 is 4.46. The Morgan fingerprint density at radius 3 is 2.31 bits per heavy atom. The van der Waals surface area contributed by atoms with Gasteiger partial charge in [0.05, 0.1) is 25.8 Å². The van der Waals surface area contributed by atoms with Gasteiger partial charge in [0.2, 0.25) is 0 Å². The third kappa shape index (κ3) is 5.25. The number of benzene rings is 2. The number of ether oxygens (including phenoxy) is 3. The third-order valence-corrected chi connectivity index (χ3v) is 6.15. The van der Waals surface area contributed by atoms with Crippen molar-refractivity contribution in [3.63, 3.8) is 0 Å². The fourth-order valence-corrected chi connectivity index (χ4v) is 4.40. The van der Waals surface area contributed by atoms with Crippen molar-refractivity contribution in [1.82, 2.24) is 14.8 Å². The smallest absolute Gasteiger partial charge is 0.342 e. The Morgan fingerprint density at radius 1 is 1.09 bits per heavy atom. The predicted octanol–water partition coefficient (Wildman–Crippen LogP) is 4.97. The van der Waals surface area contributed by atoms with Gasteiger partial charge in [0.15, 0.2) is 11.0 Å². The molecule has 0 amide bonds. The molecule has 32 heavy (non-hydrogen) atoms. The quantitative estimate of drug-likeness (QED) is 0.312. The van der Waals surface area contributed by atoms with E-state index in [0.717, 1.165) is 21.8 Å². The standard InChI is InChI=1S/C22H22BrN3O5S/c1-5-26-20(14-10-15(29-2)12-16(11-14)30-3)24-25-22(26)32-19(21(27)28)9-13-6-7-18(31-4)17(23)8-13/h6-12H,5H2,1-4H3,(H,27,28)/b19-9-. The molecule has 0 atom stereocenters. The highest BCUT2D eigenvalue weighted by molar-refractivity contribution is 9.10. The van der Waals surface area contributed by atoms with Gasteiger partial charge < -0.3 is 23.9 Å². The van der Waals surface area contributed by atoms with Gasteiger partial charge >= 0.3 is 5.97 Å². The first-order valence-electron chi connectivity index (χ1n) is 9.53. The Morgan fingerprint density at radius 2 is 1.78 bits per heavy atom. The lowest BCUT2D eigenvalue weighted by Gasteiger charge is -2.10. The van der Waals surface area contributed by atoms with Gasteiger partial charge in [0.1, 0.15) is 22.2 Å². The summed E-state index contributed by atoms with van der Waals surface area (Å²) in [6.45, 7) is 2.49. The van der Waals surface area contributed by atoms with Gasteiger partial charge in [-0.2, -0.15) is 0 Å². The number of rotatable bonds is 9. The molecule has 0 unspecified atom stereocenters. The number of hydrogen-bond donors (Lipinski definition) is 1. The Kier molecular flexibility index (Phi) is 7.81. The molecule has 168 valence electrons. The van der Waals surface area contributed by atoms with Crippen LogP contribution in [0.4, 0.5) is 0 Å². The zero-order valence-corrected chi connectivity index (χ0v) is 20.4. The van der Waals surface area contributed by atoms with Crippen molar-refractivity contribution in [2.75, 3.05) is 21.3 Å². The molecule has 10 heteroatoms. The van der Waals surface area contributed by atoms with E-state index >= 15 is 0 Å². The van der Waals surface area contributed by atoms with Crippen LogP contribution in [0.25, 0.3) is 17.5 Å². The highest BCUT2D eigenvalue weighted by Crippen LogP contribution is 2.34. The topological polar surface area (TPSA) is 95.7 Å². The highest BCUT2D eigenvalue weighted by atomic mass is 79.9. The summed E-state index contributed by atoms with van der Waals surface area (Å²) in [4.78, 5) is 12.1. The van der Waals surface area contributed by atoms with Gasteiger partial charge in [-0.05, 0) is 70.5 Å². The molecule has 0 fully saturated rings. The molecule has 1 heterocycles. The molecule has 2 aromatic carbocycles. The zero-order chi connectivity index (χ0) is 23.3. The lowest BCUT2D eigenvalue weighted by atomic mass is 10.2. The van der Waals surface area contributed by atoms with E-state index in [-0.39, 0.29) is 4.91 Å². The number of carbonyl (C=O) groups is 1. The zero-order valence-electron chi connectivity index (χ0n) is 18.0. The van der Waals surface area contributed by atoms with Crippen molar-refractivity contribution in [3.8, 4) is 28.6 Å². The third-order valence-electron chi connectivity index (χ3n) is 4.53. The van der Waals surface area contributed by atoms with Crippen LogP contribution in [0.5, 0.6) is 17.2 Å². The molecular weight excluding hydrogens is 498 g/mol. The van der Waals surface area contributed by atoms with Gasteiger partial charge in [0.25, 0.3) is 0 Å². The molecule has 1 aromatic heterocycles. The first-order chi connectivity index (χ1) is 15.4. The largest absolute Gasteiger partial charge is 0.497 e. The summed E-state index contributed by atoms with van der Waals surface area (Å²) < 4.78 is 18.5. The molecule has 0 aliphatic rings. The summed E-state index contributed by atoms with van der Waals surface area (Å²) in [6.07, 6.45) is 1.58. The highest BCUT2D eigenvalue weighted by Gasteiger charge is 2.19. The number of halogens is 1. The summed E-state index contributed by atoms with van der Waals surface area (Å²) in [5.74, 6) is 1.43. The summed E-state index contributed by atoms with van der Waals surface area (Å²) in [6, 6.07) is 10.8. The molecule has 3 aromatic rings. The van der Waals surface area contributed by atoms with E-state index in [9.17, 15) is 9.90 Å². The molecule has 8 nitrogen and oxygen atoms in total. The Hall–Kier alpha value is -2.98. The van der Waals surface area contributed by atoms with E-state index in [0.29, 0.717) is 40.3 Å². The summed E-state index contributed by atoms with van der Waals surface area (Å²) in [5.41, 5.74) is 1.46. The van der Waals surface area contributed by atoms with E-state index in [2.05, 4.69) is 26.1 Å². The number of carboxylic acids is 1. The van der Waals surface area contributed by atoms with Crippen LogP contribution in [0, 0.1) is 0 Å². The summed E-state index contributed by atoms with van der Waals surface area (Å²) in [7, 11) is 4.72. The lowest BCUT2D eigenvalue weighted by molar-refractivity contribution is -0.131. The van der Waals surface area contributed by atoms with Crippen LogP contribution < -0.4 is 14.2 Å². The van der Waals surface area contributed by atoms with Crippen LogP contribution in [0.15, 0.2) is 50.9 Å². The van der Waals surface area contributed by atoms with Gasteiger partial charge in [-0.1, -0.05) is 6.07 Å². The van der Waals surface area contributed by atoms with Crippen molar-refractivity contribution >= 4 is 39.7 Å². The second-order valence-corrected chi connectivity index (χ2v) is 8.33. The number of thioether (sulfide) groups is 1. The molecule has 0 spiro atoms. The number of aromatic nitrogens is 3. The predicted molar refractivity (Wildman–Crippen MR) is 126 cm³/mol. The average molecular weight is 520 g/mol. The number of aliphatic carboxylic acids is 1. The fraction of sp³-hybridized carbons (Fsp3) is 0.227. The molecule has 0 bridgehead atoms. The van der Waals surface area contributed by atoms with Crippen molar-refractivity contribution in [2.24, 2.45) is 0 Å². The van der Waals surface area contributed by atoms with Crippen LogP contribution in [0.2, 0.25) is 0 Å². The maximum absolute atomic E-state index is 11.9. The number of methoxy groups -OCH3 is 3. The molecule has 0 aliphatic carbocycles. The maximum atomic E-state index is 11.9. The molecular formula is C22H22BrN3O5S. The lowest BCUT2D eigenvalue weighted by Crippen LogP contribution is -2.03. The first kappa shape index (κ1) is 23.7. The number of carboxylic acid groups (broad SMARTS) is 1. The van der Waals surface area contributed by atoms with Gasteiger partial charge in [-0.25, -0.2) is 4.79 Å². The minimum atomic E-state index is -1.06. The summed E-state index contributed by atoms with van der Waals surface area (Å²) in [5, 5.41) is 18.8. The van der Waals surface area contributed by atoms with Gasteiger partial charge in [-0.3, -0.25) is 0 Å². The van der Waals surface area contributed by atoms with E-state index in [4.69, 9.17) is 14.2 Å². The van der Waals surface area contributed by atoms with Crippen molar-refractivity contribution < 1.29 is 24.1 Å². The van der Waals surface area contributed by atoms with Crippen LogP contribution in [0.3, 0.4) is 0 Å². The Bertz CT molecular complexity index is 1140. The van der Waals surface area contributed by atoms with E-state index in [1.54, 1.807) is 51.7 Å². The second-order valence-electron chi connectivity index (χ2n) is 6.46. The van der Waals surface area contributed by atoms with E-state index in [1.165, 1.54) is 0 Å². The first-order valence-corrected chi connectivity index (χ1v) is 11.1. The van der Waals surface area contributed by atoms with E-state index in [1.807, 2.05) is 23.6 Å². The fourth-order valence-electron chi connectivity index (χ4n) is 2.96. The Labute approximate surface area is 198 Å². The maximum Gasteiger partial charge on any atom is 0.342 e. The van der Waals surface area contributed by atoms with Crippen LogP contribution >= 0.6 is 27.7 Å². The van der Waals surface area contributed by atoms with Crippen molar-refractivity contribution in [2.45, 2.75) is 18.6 Å². The monoisotopic (exact) mass is 519 g/mol. The van der Waals surface area contributed by atoms with Gasteiger partial charge in [0, 0.05) is 18.2 Å². The van der Waals surface area contributed by atoms with Crippen molar-refractivity contribution in [1.29, 1.82) is 0 Å². The molecule has 0 radical (unpaired) electrons. The van der Waals surface area contributed by atoms with Crippen molar-refractivity contribution in [3.05, 3.63) is 51.3 Å². The molecule has 3 rings (SSSR count). The van der Waals surface area contributed by atoms with Crippen LogP contribution in [0.1, 0.15) is 12.5 Å². The molecule has 0 saturated carbocycles. The minimum absolute atomic E-state index is 0.110. The number of hydrogen-bond acceptors (Lipinski definition) is 7. The number of nitrogens with zero attached hydrogens (tertiary/aromatic N) is 3.